The minimum atomic E-state index is -0.454. The van der Waals surface area contributed by atoms with Crippen LogP contribution in [0.2, 0.25) is 0 Å². The standard InChI is InChI=1S/C13H18N2O4S/c1-18-6-5-15(12(16)9-3-4-9)7-11-14-10(8-20-11)13(17)19-2/h8-9H,3-7H2,1-2H3. The number of methoxy groups -OCH3 is 2. The lowest BCUT2D eigenvalue weighted by atomic mass is 10.3. The lowest BCUT2D eigenvalue weighted by Crippen LogP contribution is -2.34. The number of amides is 1. The highest BCUT2D eigenvalue weighted by atomic mass is 32.1. The highest BCUT2D eigenvalue weighted by Gasteiger charge is 2.33. The number of carbonyl (C=O) groups is 2. The fraction of sp³-hybridized carbons (Fsp3) is 0.615. The summed E-state index contributed by atoms with van der Waals surface area (Å²) in [6.45, 7) is 1.45. The van der Waals surface area contributed by atoms with Gasteiger partial charge in [-0.2, -0.15) is 0 Å². The van der Waals surface area contributed by atoms with Gasteiger partial charge in [-0.15, -0.1) is 11.3 Å². The van der Waals surface area contributed by atoms with Crippen molar-refractivity contribution in [1.82, 2.24) is 9.88 Å². The molecule has 7 heteroatoms. The SMILES string of the molecule is COCCN(Cc1nc(C(=O)OC)cs1)C(=O)C1CC1. The van der Waals surface area contributed by atoms with Gasteiger partial charge in [0.25, 0.3) is 0 Å². The first-order valence-corrected chi connectivity index (χ1v) is 7.34. The summed E-state index contributed by atoms with van der Waals surface area (Å²) in [6, 6.07) is 0. The molecule has 0 aromatic carbocycles. The number of rotatable bonds is 7. The van der Waals surface area contributed by atoms with Gasteiger partial charge >= 0.3 is 5.97 Å². The number of thiazole rings is 1. The summed E-state index contributed by atoms with van der Waals surface area (Å²) in [5, 5.41) is 2.38. The first-order valence-electron chi connectivity index (χ1n) is 6.46. The van der Waals surface area contributed by atoms with Gasteiger partial charge in [0.2, 0.25) is 5.91 Å². The Bertz CT molecular complexity index is 484. The van der Waals surface area contributed by atoms with Crippen LogP contribution in [-0.4, -0.2) is 49.1 Å². The van der Waals surface area contributed by atoms with Crippen molar-refractivity contribution in [3.05, 3.63) is 16.1 Å². The zero-order valence-electron chi connectivity index (χ0n) is 11.6. The molecular weight excluding hydrogens is 280 g/mol. The number of esters is 1. The number of carbonyl (C=O) groups excluding carboxylic acids is 2. The Morgan fingerprint density at radius 3 is 2.80 bits per heavy atom. The average molecular weight is 298 g/mol. The van der Waals surface area contributed by atoms with Gasteiger partial charge in [-0.25, -0.2) is 9.78 Å². The van der Waals surface area contributed by atoms with Gasteiger partial charge in [0.1, 0.15) is 5.01 Å². The summed E-state index contributed by atoms with van der Waals surface area (Å²) >= 11 is 1.36. The lowest BCUT2D eigenvalue weighted by Gasteiger charge is -2.21. The molecule has 0 N–H and O–H groups in total. The third-order valence-corrected chi connectivity index (χ3v) is 3.91. The van der Waals surface area contributed by atoms with E-state index in [-0.39, 0.29) is 17.5 Å². The van der Waals surface area contributed by atoms with E-state index in [2.05, 4.69) is 9.72 Å². The number of nitrogens with zero attached hydrogens (tertiary/aromatic N) is 2. The maximum Gasteiger partial charge on any atom is 0.357 e. The molecule has 0 radical (unpaired) electrons. The average Bonchev–Trinajstić information content (AvgIpc) is 3.21. The van der Waals surface area contributed by atoms with E-state index in [1.807, 2.05) is 0 Å². The summed E-state index contributed by atoms with van der Waals surface area (Å²) < 4.78 is 9.66. The van der Waals surface area contributed by atoms with Crippen LogP contribution in [0.4, 0.5) is 0 Å². The lowest BCUT2D eigenvalue weighted by molar-refractivity contribution is -0.133. The number of hydrogen-bond donors (Lipinski definition) is 0. The van der Waals surface area contributed by atoms with Crippen molar-refractivity contribution in [2.24, 2.45) is 5.92 Å². The maximum atomic E-state index is 12.2. The second-order valence-corrected chi connectivity index (χ2v) is 5.59. The van der Waals surface area contributed by atoms with Gasteiger partial charge in [-0.3, -0.25) is 4.79 Å². The molecule has 0 atom stereocenters. The zero-order valence-corrected chi connectivity index (χ0v) is 12.4. The minimum absolute atomic E-state index is 0.150. The van der Waals surface area contributed by atoms with Gasteiger partial charge in [0.05, 0.1) is 20.3 Å². The van der Waals surface area contributed by atoms with Gasteiger partial charge in [-0.1, -0.05) is 0 Å². The van der Waals surface area contributed by atoms with Gasteiger partial charge in [0, 0.05) is 25.0 Å². The van der Waals surface area contributed by atoms with Crippen LogP contribution >= 0.6 is 11.3 Å². The van der Waals surface area contributed by atoms with Crippen LogP contribution in [0.15, 0.2) is 5.38 Å². The molecule has 0 bridgehead atoms. The van der Waals surface area contributed by atoms with Crippen molar-refractivity contribution in [3.8, 4) is 0 Å². The van der Waals surface area contributed by atoms with Gasteiger partial charge in [-0.05, 0) is 12.8 Å². The Labute approximate surface area is 121 Å². The Morgan fingerprint density at radius 1 is 1.45 bits per heavy atom. The van der Waals surface area contributed by atoms with Gasteiger partial charge < -0.3 is 14.4 Å². The van der Waals surface area contributed by atoms with Crippen LogP contribution < -0.4 is 0 Å². The second-order valence-electron chi connectivity index (χ2n) is 4.64. The monoisotopic (exact) mass is 298 g/mol. The first-order chi connectivity index (χ1) is 9.65. The van der Waals surface area contributed by atoms with E-state index in [0.717, 1.165) is 17.8 Å². The molecule has 1 fully saturated rings. The molecular formula is C13H18N2O4S. The van der Waals surface area contributed by atoms with Crippen LogP contribution in [-0.2, 0) is 20.8 Å². The topological polar surface area (TPSA) is 68.7 Å². The summed E-state index contributed by atoms with van der Waals surface area (Å²) in [5.41, 5.74) is 0.290. The molecule has 0 spiro atoms. The molecule has 1 heterocycles. The smallest absolute Gasteiger partial charge is 0.357 e. The number of ether oxygens (including phenoxy) is 2. The molecule has 0 unspecified atom stereocenters. The molecule has 110 valence electrons. The van der Waals surface area contributed by atoms with Crippen molar-refractivity contribution in [1.29, 1.82) is 0 Å². The molecule has 2 rings (SSSR count). The molecule has 0 aliphatic heterocycles. The fourth-order valence-corrected chi connectivity index (χ4v) is 2.58. The van der Waals surface area contributed by atoms with Crippen LogP contribution in [0.5, 0.6) is 0 Å². The second kappa shape index (κ2) is 6.81. The minimum Gasteiger partial charge on any atom is -0.464 e. The quantitative estimate of drug-likeness (QED) is 0.710. The zero-order chi connectivity index (χ0) is 14.5. The maximum absolute atomic E-state index is 12.2. The van der Waals surface area contributed by atoms with E-state index in [1.165, 1.54) is 18.4 Å². The van der Waals surface area contributed by atoms with Crippen molar-refractivity contribution in [2.45, 2.75) is 19.4 Å². The molecule has 1 saturated carbocycles. The molecule has 1 amide bonds. The Kier molecular flexibility index (Phi) is 5.08. The molecule has 6 nitrogen and oxygen atoms in total. The Hall–Kier alpha value is -1.47. The predicted octanol–water partition coefficient (Wildman–Crippen LogP) is 1.31. The van der Waals surface area contributed by atoms with E-state index in [1.54, 1.807) is 17.4 Å². The van der Waals surface area contributed by atoms with Crippen molar-refractivity contribution < 1.29 is 19.1 Å². The van der Waals surface area contributed by atoms with Crippen LogP contribution in [0, 0.1) is 5.92 Å². The van der Waals surface area contributed by atoms with Crippen molar-refractivity contribution >= 4 is 23.2 Å². The van der Waals surface area contributed by atoms with E-state index >= 15 is 0 Å². The van der Waals surface area contributed by atoms with Crippen molar-refractivity contribution in [3.63, 3.8) is 0 Å². The van der Waals surface area contributed by atoms with Crippen molar-refractivity contribution in [2.75, 3.05) is 27.4 Å². The third kappa shape index (κ3) is 3.77. The summed E-state index contributed by atoms with van der Waals surface area (Å²) in [6.07, 6.45) is 1.93. The molecule has 1 aliphatic rings. The number of hydrogen-bond acceptors (Lipinski definition) is 6. The normalized spacial score (nSPS) is 14.1. The highest BCUT2D eigenvalue weighted by molar-refractivity contribution is 7.09. The molecule has 0 saturated heterocycles. The molecule has 1 aromatic rings. The van der Waals surface area contributed by atoms with E-state index < -0.39 is 5.97 Å². The summed E-state index contributed by atoms with van der Waals surface area (Å²) in [5.74, 6) is -0.145. The van der Waals surface area contributed by atoms with Crippen LogP contribution in [0.25, 0.3) is 0 Å². The summed E-state index contributed by atoms with van der Waals surface area (Å²) in [4.78, 5) is 29.5. The van der Waals surface area contributed by atoms with E-state index in [4.69, 9.17) is 4.74 Å². The Balaban J connectivity index is 2.00. The fourth-order valence-electron chi connectivity index (χ4n) is 1.80. The molecule has 20 heavy (non-hydrogen) atoms. The van der Waals surface area contributed by atoms with Crippen LogP contribution in [0.3, 0.4) is 0 Å². The van der Waals surface area contributed by atoms with E-state index in [0.29, 0.717) is 19.7 Å². The largest absolute Gasteiger partial charge is 0.464 e. The number of aromatic nitrogens is 1. The van der Waals surface area contributed by atoms with E-state index in [9.17, 15) is 9.59 Å². The van der Waals surface area contributed by atoms with Gasteiger partial charge in [0.15, 0.2) is 5.69 Å². The van der Waals surface area contributed by atoms with Crippen LogP contribution in [0.1, 0.15) is 28.3 Å². The predicted molar refractivity (Wildman–Crippen MR) is 73.5 cm³/mol. The highest BCUT2D eigenvalue weighted by Crippen LogP contribution is 2.31. The summed E-state index contributed by atoms with van der Waals surface area (Å²) in [7, 11) is 2.93. The Morgan fingerprint density at radius 2 is 2.20 bits per heavy atom. The molecule has 1 aromatic heterocycles. The first kappa shape index (κ1) is 14.9. The third-order valence-electron chi connectivity index (χ3n) is 3.08. The molecule has 1 aliphatic carbocycles.